The third-order valence-corrected chi connectivity index (χ3v) is 5.59. The smallest absolute Gasteiger partial charge is 0.338 e. The van der Waals surface area contributed by atoms with E-state index in [1.807, 2.05) is 13.8 Å². The Morgan fingerprint density at radius 2 is 1.58 bits per heavy atom. The molecule has 0 saturated carbocycles. The average Bonchev–Trinajstić information content (AvgIpc) is 2.59. The van der Waals surface area contributed by atoms with Gasteiger partial charge in [-0.25, -0.2) is 0 Å². The number of benzene rings is 1. The second kappa shape index (κ2) is 8.84. The quantitative estimate of drug-likeness (QED) is 0.384. The molecule has 0 aliphatic carbocycles. The van der Waals surface area contributed by atoms with E-state index in [1.165, 1.54) is 14.2 Å². The first-order valence-corrected chi connectivity index (χ1v) is 9.11. The van der Waals surface area contributed by atoms with Crippen LogP contribution < -0.4 is 5.32 Å². The largest absolute Gasteiger partial charge is 0.352 e. The van der Waals surface area contributed by atoms with Gasteiger partial charge < -0.3 is 14.4 Å². The van der Waals surface area contributed by atoms with E-state index in [0.29, 0.717) is 0 Å². The highest BCUT2D eigenvalue weighted by molar-refractivity contribution is 7.54. The number of non-ortho nitro benzene ring substituents is 2. The van der Waals surface area contributed by atoms with Gasteiger partial charge in [-0.1, -0.05) is 13.8 Å². The minimum atomic E-state index is -3.68. The summed E-state index contributed by atoms with van der Waals surface area (Å²) in [7, 11) is -1.34. The molecular formula is C14H20N3O8P. The number of hydrogen-bond acceptors (Lipinski definition) is 8. The molecule has 0 bridgehead atoms. The number of nitrogens with one attached hydrogen (secondary N) is 1. The molecule has 0 spiro atoms. The van der Waals surface area contributed by atoms with Gasteiger partial charge in [0.2, 0.25) is 0 Å². The monoisotopic (exact) mass is 389 g/mol. The Labute approximate surface area is 149 Å². The standard InChI is InChI=1S/C14H20N3O8P/c1-9(2)5-13(26(23,24-3)25-4)15-14(18)10-6-11(16(19)20)8-12(7-10)17(21)22/h6-9,13H,5H2,1-4H3,(H,15,18)/t13-/m0/s1. The average molecular weight is 389 g/mol. The number of amides is 1. The van der Waals surface area contributed by atoms with Crippen LogP contribution in [0.15, 0.2) is 18.2 Å². The van der Waals surface area contributed by atoms with Crippen molar-refractivity contribution < 1.29 is 28.3 Å². The number of rotatable bonds is 9. The van der Waals surface area contributed by atoms with Crippen molar-refractivity contribution in [1.29, 1.82) is 0 Å². The normalized spacial score (nSPS) is 12.7. The van der Waals surface area contributed by atoms with Gasteiger partial charge in [-0.15, -0.1) is 0 Å². The highest BCUT2D eigenvalue weighted by Gasteiger charge is 2.36. The molecule has 0 aliphatic rings. The summed E-state index contributed by atoms with van der Waals surface area (Å²) in [5, 5.41) is 24.3. The molecule has 0 saturated heterocycles. The molecule has 1 aromatic rings. The fourth-order valence-corrected chi connectivity index (χ4v) is 3.83. The van der Waals surface area contributed by atoms with Crippen LogP contribution in [-0.2, 0) is 13.6 Å². The first-order valence-electron chi connectivity index (χ1n) is 7.50. The predicted molar refractivity (Wildman–Crippen MR) is 92.1 cm³/mol. The maximum absolute atomic E-state index is 12.6. The summed E-state index contributed by atoms with van der Waals surface area (Å²) in [6.45, 7) is 3.65. The van der Waals surface area contributed by atoms with Crippen molar-refractivity contribution in [1.82, 2.24) is 5.32 Å². The molecule has 144 valence electrons. The number of nitro groups is 2. The second-order valence-corrected chi connectivity index (χ2v) is 8.21. The van der Waals surface area contributed by atoms with E-state index in [2.05, 4.69) is 5.32 Å². The summed E-state index contributed by atoms with van der Waals surface area (Å²) in [5.41, 5.74) is -1.52. The molecule has 0 heterocycles. The Kier molecular flexibility index (Phi) is 7.37. The molecule has 0 aromatic heterocycles. The fraction of sp³-hybridized carbons (Fsp3) is 0.500. The highest BCUT2D eigenvalue weighted by atomic mass is 31.2. The van der Waals surface area contributed by atoms with Gasteiger partial charge in [-0.3, -0.25) is 29.6 Å². The summed E-state index contributed by atoms with van der Waals surface area (Å²) in [5.74, 6) is -1.88. The van der Waals surface area contributed by atoms with E-state index in [0.717, 1.165) is 18.2 Å². The first-order chi connectivity index (χ1) is 12.0. The van der Waals surface area contributed by atoms with Crippen LogP contribution in [0, 0.1) is 26.1 Å². The van der Waals surface area contributed by atoms with Gasteiger partial charge in [-0.05, 0) is 12.3 Å². The minimum Gasteiger partial charge on any atom is -0.338 e. The third-order valence-electron chi connectivity index (χ3n) is 3.47. The molecule has 11 nitrogen and oxygen atoms in total. The van der Waals surface area contributed by atoms with E-state index in [4.69, 9.17) is 9.05 Å². The Hall–Kier alpha value is -2.36. The van der Waals surface area contributed by atoms with Gasteiger partial charge in [-0.2, -0.15) is 0 Å². The lowest BCUT2D eigenvalue weighted by Crippen LogP contribution is -2.36. The fourth-order valence-electron chi connectivity index (χ4n) is 2.21. The van der Waals surface area contributed by atoms with Gasteiger partial charge >= 0.3 is 7.60 Å². The van der Waals surface area contributed by atoms with Crippen molar-refractivity contribution in [3.8, 4) is 0 Å². The van der Waals surface area contributed by atoms with Crippen LogP contribution in [0.4, 0.5) is 11.4 Å². The lowest BCUT2D eigenvalue weighted by atomic mass is 10.1. The topological polar surface area (TPSA) is 151 Å². The number of carbonyl (C=O) groups excluding carboxylic acids is 1. The maximum Gasteiger partial charge on any atom is 0.352 e. The highest BCUT2D eigenvalue weighted by Crippen LogP contribution is 2.52. The van der Waals surface area contributed by atoms with Crippen LogP contribution in [0.1, 0.15) is 30.6 Å². The van der Waals surface area contributed by atoms with Gasteiger partial charge in [0.25, 0.3) is 17.3 Å². The Morgan fingerprint density at radius 1 is 1.12 bits per heavy atom. The van der Waals surface area contributed by atoms with Crippen LogP contribution in [0.5, 0.6) is 0 Å². The Bertz CT molecular complexity index is 711. The van der Waals surface area contributed by atoms with Crippen molar-refractivity contribution in [3.05, 3.63) is 44.0 Å². The zero-order valence-corrected chi connectivity index (χ0v) is 15.6. The molecule has 1 amide bonds. The van der Waals surface area contributed by atoms with Crippen molar-refractivity contribution in [2.45, 2.75) is 26.1 Å². The maximum atomic E-state index is 12.6. The lowest BCUT2D eigenvalue weighted by molar-refractivity contribution is -0.394. The molecule has 0 radical (unpaired) electrons. The van der Waals surface area contributed by atoms with E-state index in [1.54, 1.807) is 0 Å². The first kappa shape index (κ1) is 21.7. The molecule has 1 rings (SSSR count). The van der Waals surface area contributed by atoms with Crippen molar-refractivity contribution in [3.63, 3.8) is 0 Å². The summed E-state index contributed by atoms with van der Waals surface area (Å²) < 4.78 is 22.5. The second-order valence-electron chi connectivity index (χ2n) is 5.78. The zero-order chi connectivity index (χ0) is 20.1. The molecule has 26 heavy (non-hydrogen) atoms. The summed E-state index contributed by atoms with van der Waals surface area (Å²) >= 11 is 0. The number of hydrogen-bond donors (Lipinski definition) is 1. The number of nitro benzene ring substituents is 2. The minimum absolute atomic E-state index is 0.0124. The Morgan fingerprint density at radius 3 is 1.92 bits per heavy atom. The van der Waals surface area contributed by atoms with Gasteiger partial charge in [0, 0.05) is 26.4 Å². The SMILES string of the molecule is COP(=O)(OC)[C@@H](CC(C)C)NC(=O)c1cc([N+](=O)[O-])cc([N+](=O)[O-])c1. The summed E-state index contributed by atoms with van der Waals surface area (Å²) in [6.07, 6.45) is 0.238. The van der Waals surface area contributed by atoms with E-state index >= 15 is 0 Å². The molecule has 0 aliphatic heterocycles. The van der Waals surface area contributed by atoms with Crippen LogP contribution in [-0.4, -0.2) is 35.8 Å². The van der Waals surface area contributed by atoms with Crippen molar-refractivity contribution in [2.75, 3.05) is 14.2 Å². The van der Waals surface area contributed by atoms with E-state index in [9.17, 15) is 29.6 Å². The predicted octanol–water partition coefficient (Wildman–Crippen LogP) is 3.09. The molecule has 0 fully saturated rings. The van der Waals surface area contributed by atoms with Crippen LogP contribution >= 0.6 is 7.60 Å². The molecule has 1 aromatic carbocycles. The molecular weight excluding hydrogens is 369 g/mol. The van der Waals surface area contributed by atoms with Crippen molar-refractivity contribution >= 4 is 24.9 Å². The van der Waals surface area contributed by atoms with Gasteiger partial charge in [0.15, 0.2) is 0 Å². The van der Waals surface area contributed by atoms with Gasteiger partial charge in [0.1, 0.15) is 5.78 Å². The number of carbonyl (C=O) groups is 1. The molecule has 1 atom stereocenters. The molecule has 1 N–H and O–H groups in total. The van der Waals surface area contributed by atoms with E-state index in [-0.39, 0.29) is 17.9 Å². The number of nitrogens with zero attached hydrogens (tertiary/aromatic N) is 2. The Balaban J connectivity index is 3.26. The summed E-state index contributed by atoms with van der Waals surface area (Å²) in [6, 6.07) is 2.55. The van der Waals surface area contributed by atoms with Crippen LogP contribution in [0.3, 0.4) is 0 Å². The van der Waals surface area contributed by atoms with Crippen molar-refractivity contribution in [2.24, 2.45) is 5.92 Å². The molecule has 12 heteroatoms. The van der Waals surface area contributed by atoms with E-state index < -0.39 is 40.5 Å². The summed E-state index contributed by atoms with van der Waals surface area (Å²) in [4.78, 5) is 32.7. The molecule has 0 unspecified atom stereocenters. The van der Waals surface area contributed by atoms with Gasteiger partial charge in [0.05, 0.1) is 21.5 Å². The third kappa shape index (κ3) is 5.32. The van der Waals surface area contributed by atoms with Crippen LogP contribution in [0.2, 0.25) is 0 Å². The zero-order valence-electron chi connectivity index (χ0n) is 14.7. The van der Waals surface area contributed by atoms with Crippen LogP contribution in [0.25, 0.3) is 0 Å². The lowest BCUT2D eigenvalue weighted by Gasteiger charge is -2.26.